The van der Waals surface area contributed by atoms with Crippen LogP contribution in [0.3, 0.4) is 0 Å². The summed E-state index contributed by atoms with van der Waals surface area (Å²) in [6, 6.07) is 8.62. The summed E-state index contributed by atoms with van der Waals surface area (Å²) in [4.78, 5) is 2.32. The van der Waals surface area contributed by atoms with Gasteiger partial charge in [-0.15, -0.1) is 0 Å². The average Bonchev–Trinajstić information content (AvgIpc) is 2.35. The van der Waals surface area contributed by atoms with Crippen molar-refractivity contribution in [3.63, 3.8) is 0 Å². The molecule has 0 radical (unpaired) electrons. The van der Waals surface area contributed by atoms with Crippen molar-refractivity contribution in [1.82, 2.24) is 4.90 Å². The van der Waals surface area contributed by atoms with Crippen molar-refractivity contribution in [3.8, 4) is 0 Å². The minimum Gasteiger partial charge on any atom is -0.381 e. The molecule has 0 amide bonds. The lowest BCUT2D eigenvalue weighted by molar-refractivity contribution is 0.0285. The van der Waals surface area contributed by atoms with Crippen molar-refractivity contribution in [1.29, 1.82) is 0 Å². The fourth-order valence-electron chi connectivity index (χ4n) is 2.38. The van der Waals surface area contributed by atoms with E-state index in [1.54, 1.807) is 0 Å². The maximum Gasteiger partial charge on any atom is 0.0521 e. The molecule has 2 atom stereocenters. The number of halogens is 1. The minimum absolute atomic E-state index is 0.278. The molecule has 0 bridgehead atoms. The van der Waals surface area contributed by atoms with Crippen LogP contribution in [0.5, 0.6) is 0 Å². The summed E-state index contributed by atoms with van der Waals surface area (Å²) in [6.45, 7) is 3.53. The fraction of sp³-hybridized carbons (Fsp3) is 0.571. The van der Waals surface area contributed by atoms with E-state index >= 15 is 0 Å². The zero-order valence-corrected chi connectivity index (χ0v) is 12.4. The standard InChI is InChI=1S/C14H21BrN2O/c1-17(8-11-4-2-3-5-13(11)15)9-12-10-18-7-6-14(12)16/h2-5,12,14H,6-10,16H2,1H3. The Kier molecular flexibility index (Phi) is 5.18. The Morgan fingerprint density at radius 1 is 1.44 bits per heavy atom. The number of hydrogen-bond donors (Lipinski definition) is 1. The number of rotatable bonds is 4. The van der Waals surface area contributed by atoms with E-state index in [1.807, 2.05) is 6.07 Å². The molecular weight excluding hydrogens is 292 g/mol. The van der Waals surface area contributed by atoms with Gasteiger partial charge in [0, 0.05) is 36.1 Å². The Hall–Kier alpha value is -0.420. The first-order valence-corrected chi connectivity index (χ1v) is 7.21. The summed E-state index contributed by atoms with van der Waals surface area (Å²) in [5.41, 5.74) is 7.45. The van der Waals surface area contributed by atoms with Crippen LogP contribution in [0.1, 0.15) is 12.0 Å². The van der Waals surface area contributed by atoms with Crippen LogP contribution in [0.4, 0.5) is 0 Å². The highest BCUT2D eigenvalue weighted by Crippen LogP contribution is 2.19. The maximum absolute atomic E-state index is 6.13. The number of nitrogens with two attached hydrogens (primary N) is 1. The average molecular weight is 313 g/mol. The normalized spacial score (nSPS) is 24.4. The Bertz CT molecular complexity index is 386. The van der Waals surface area contributed by atoms with Gasteiger partial charge in [-0.1, -0.05) is 34.1 Å². The van der Waals surface area contributed by atoms with Crippen LogP contribution in [0, 0.1) is 5.92 Å². The van der Waals surface area contributed by atoms with Gasteiger partial charge in [0.25, 0.3) is 0 Å². The van der Waals surface area contributed by atoms with Gasteiger partial charge in [-0.3, -0.25) is 0 Å². The summed E-state index contributed by atoms with van der Waals surface area (Å²) >= 11 is 3.59. The van der Waals surface area contributed by atoms with Crippen LogP contribution >= 0.6 is 15.9 Å². The number of nitrogens with zero attached hydrogens (tertiary/aromatic N) is 1. The van der Waals surface area contributed by atoms with Gasteiger partial charge in [-0.25, -0.2) is 0 Å². The van der Waals surface area contributed by atoms with Crippen LogP contribution in [-0.4, -0.2) is 37.7 Å². The molecule has 1 fully saturated rings. The van der Waals surface area contributed by atoms with Crippen LogP contribution in [-0.2, 0) is 11.3 Å². The zero-order valence-electron chi connectivity index (χ0n) is 10.8. The Balaban J connectivity index is 1.88. The van der Waals surface area contributed by atoms with E-state index in [0.29, 0.717) is 5.92 Å². The molecule has 1 aliphatic rings. The summed E-state index contributed by atoms with van der Waals surface area (Å²) < 4.78 is 6.68. The second-order valence-corrected chi connectivity index (χ2v) is 5.93. The predicted molar refractivity (Wildman–Crippen MR) is 77.4 cm³/mol. The van der Waals surface area contributed by atoms with E-state index in [0.717, 1.165) is 32.7 Å². The third-order valence-electron chi connectivity index (χ3n) is 3.48. The van der Waals surface area contributed by atoms with Gasteiger partial charge in [0.1, 0.15) is 0 Å². The van der Waals surface area contributed by atoms with E-state index in [-0.39, 0.29) is 6.04 Å². The molecule has 0 aliphatic carbocycles. The van der Waals surface area contributed by atoms with Gasteiger partial charge < -0.3 is 15.4 Å². The molecule has 0 spiro atoms. The van der Waals surface area contributed by atoms with Crippen molar-refractivity contribution >= 4 is 15.9 Å². The molecule has 1 aromatic carbocycles. The molecule has 0 aromatic heterocycles. The molecule has 1 heterocycles. The summed E-state index contributed by atoms with van der Waals surface area (Å²) in [6.07, 6.45) is 0.980. The number of hydrogen-bond acceptors (Lipinski definition) is 3. The monoisotopic (exact) mass is 312 g/mol. The van der Waals surface area contributed by atoms with Crippen LogP contribution < -0.4 is 5.73 Å². The Labute approximate surface area is 117 Å². The number of ether oxygens (including phenoxy) is 1. The van der Waals surface area contributed by atoms with E-state index in [9.17, 15) is 0 Å². The lowest BCUT2D eigenvalue weighted by Gasteiger charge is -2.32. The van der Waals surface area contributed by atoms with Gasteiger partial charge in [0.2, 0.25) is 0 Å². The van der Waals surface area contributed by atoms with Gasteiger partial charge in [0.05, 0.1) is 6.61 Å². The maximum atomic E-state index is 6.13. The Morgan fingerprint density at radius 2 is 2.22 bits per heavy atom. The van der Waals surface area contributed by atoms with Crippen LogP contribution in [0.2, 0.25) is 0 Å². The molecule has 2 rings (SSSR count). The molecular formula is C14H21BrN2O. The van der Waals surface area contributed by atoms with Crippen molar-refractivity contribution < 1.29 is 4.74 Å². The summed E-state index contributed by atoms with van der Waals surface area (Å²) in [7, 11) is 2.14. The minimum atomic E-state index is 0.278. The topological polar surface area (TPSA) is 38.5 Å². The second-order valence-electron chi connectivity index (χ2n) is 5.08. The van der Waals surface area contributed by atoms with Gasteiger partial charge >= 0.3 is 0 Å². The van der Waals surface area contributed by atoms with E-state index < -0.39 is 0 Å². The highest BCUT2D eigenvalue weighted by Gasteiger charge is 2.23. The highest BCUT2D eigenvalue weighted by molar-refractivity contribution is 9.10. The van der Waals surface area contributed by atoms with Crippen LogP contribution in [0.25, 0.3) is 0 Å². The molecule has 4 heteroatoms. The quantitative estimate of drug-likeness (QED) is 0.926. The lowest BCUT2D eigenvalue weighted by Crippen LogP contribution is -2.44. The molecule has 1 aromatic rings. The number of benzene rings is 1. The molecule has 18 heavy (non-hydrogen) atoms. The molecule has 100 valence electrons. The van der Waals surface area contributed by atoms with Crippen molar-refractivity contribution in [2.45, 2.75) is 19.0 Å². The van der Waals surface area contributed by atoms with Crippen molar-refractivity contribution in [2.75, 3.05) is 26.8 Å². The first kappa shape index (κ1) is 14.0. The van der Waals surface area contributed by atoms with E-state index in [4.69, 9.17) is 10.5 Å². The third kappa shape index (κ3) is 3.79. The molecule has 1 saturated heterocycles. The molecule has 1 aliphatic heterocycles. The van der Waals surface area contributed by atoms with Gasteiger partial charge in [-0.05, 0) is 25.1 Å². The SMILES string of the molecule is CN(Cc1ccccc1Br)CC1COCCC1N. The van der Waals surface area contributed by atoms with Crippen LogP contribution in [0.15, 0.2) is 28.7 Å². The largest absolute Gasteiger partial charge is 0.381 e. The first-order valence-electron chi connectivity index (χ1n) is 6.42. The zero-order chi connectivity index (χ0) is 13.0. The second kappa shape index (κ2) is 6.66. The fourth-order valence-corrected chi connectivity index (χ4v) is 2.79. The van der Waals surface area contributed by atoms with Gasteiger partial charge in [0.15, 0.2) is 0 Å². The van der Waals surface area contributed by atoms with E-state index in [1.165, 1.54) is 10.0 Å². The third-order valence-corrected chi connectivity index (χ3v) is 4.25. The van der Waals surface area contributed by atoms with Crippen molar-refractivity contribution in [2.24, 2.45) is 11.7 Å². The van der Waals surface area contributed by atoms with E-state index in [2.05, 4.69) is 46.1 Å². The summed E-state index contributed by atoms with van der Waals surface area (Å²) in [5, 5.41) is 0. The molecule has 2 N–H and O–H groups in total. The molecule has 0 saturated carbocycles. The predicted octanol–water partition coefficient (Wildman–Crippen LogP) is 2.24. The highest BCUT2D eigenvalue weighted by atomic mass is 79.9. The smallest absolute Gasteiger partial charge is 0.0521 e. The summed E-state index contributed by atoms with van der Waals surface area (Å²) in [5.74, 6) is 0.450. The first-order chi connectivity index (χ1) is 8.66. The molecule has 3 nitrogen and oxygen atoms in total. The van der Waals surface area contributed by atoms with Crippen molar-refractivity contribution in [3.05, 3.63) is 34.3 Å². The Morgan fingerprint density at radius 3 is 2.94 bits per heavy atom. The molecule has 2 unspecified atom stereocenters. The lowest BCUT2D eigenvalue weighted by atomic mass is 9.96. The van der Waals surface area contributed by atoms with Gasteiger partial charge in [-0.2, -0.15) is 0 Å².